The van der Waals surface area contributed by atoms with Crippen molar-refractivity contribution in [2.24, 2.45) is 74.9 Å². The number of rotatable bonds is 24. The lowest BCUT2D eigenvalue weighted by Gasteiger charge is -2.35. The highest BCUT2D eigenvalue weighted by molar-refractivity contribution is 6.37. The number of amides is 2. The molecule has 4 heterocycles. The molecule has 0 bridgehead atoms. The van der Waals surface area contributed by atoms with Gasteiger partial charge in [-0.15, -0.1) is 0 Å². The lowest BCUT2D eigenvalue weighted by atomic mass is 9.77. The second kappa shape index (κ2) is 31.6. The van der Waals surface area contributed by atoms with E-state index in [0.29, 0.717) is 98.9 Å². The third-order valence-corrected chi connectivity index (χ3v) is 24.1. The molecular weight excluding hydrogens is 1370 g/mol. The molecule has 8 aliphatic rings. The first-order valence-corrected chi connectivity index (χ1v) is 38.1. The summed E-state index contributed by atoms with van der Waals surface area (Å²) in [5, 5.41) is 12.1. The van der Waals surface area contributed by atoms with Crippen molar-refractivity contribution in [3.63, 3.8) is 0 Å². The van der Waals surface area contributed by atoms with Gasteiger partial charge in [0.05, 0.1) is 92.2 Å². The molecule has 4 aromatic rings. The van der Waals surface area contributed by atoms with Crippen LogP contribution in [0.3, 0.4) is 0 Å². The van der Waals surface area contributed by atoms with E-state index in [1.54, 1.807) is 36.3 Å². The average molecular weight is 1480 g/mol. The number of esters is 3. The Morgan fingerprint density at radius 2 is 1.11 bits per heavy atom. The monoisotopic (exact) mass is 1470 g/mol. The van der Waals surface area contributed by atoms with E-state index in [0.717, 1.165) is 60.8 Å². The Hall–Kier alpha value is -7.32. The number of hydrogen-bond acceptors (Lipinski definition) is 16. The van der Waals surface area contributed by atoms with Crippen molar-refractivity contribution in [2.45, 2.75) is 223 Å². The number of carbonyl (C=O) groups is 8. The Balaban J connectivity index is 0.000000188. The minimum absolute atomic E-state index is 0.0114. The van der Waals surface area contributed by atoms with Crippen LogP contribution in [0.2, 0.25) is 10.0 Å². The Morgan fingerprint density at radius 1 is 0.625 bits per heavy atom. The lowest BCUT2D eigenvalue weighted by molar-refractivity contribution is -0.157. The van der Waals surface area contributed by atoms with Crippen LogP contribution in [0.15, 0.2) is 52.3 Å². The predicted molar refractivity (Wildman–Crippen MR) is 399 cm³/mol. The van der Waals surface area contributed by atoms with Crippen molar-refractivity contribution in [1.29, 1.82) is 0 Å². The van der Waals surface area contributed by atoms with Gasteiger partial charge in [0.1, 0.15) is 45.6 Å². The summed E-state index contributed by atoms with van der Waals surface area (Å²) >= 11 is 12.9. The van der Waals surface area contributed by atoms with Crippen LogP contribution in [0.1, 0.15) is 204 Å². The summed E-state index contributed by atoms with van der Waals surface area (Å²) in [6, 6.07) is 8.88. The molecule has 2 N–H and O–H groups in total. The van der Waals surface area contributed by atoms with Crippen LogP contribution < -0.4 is 19.6 Å². The molecule has 2 amide bonds. The summed E-state index contributed by atoms with van der Waals surface area (Å²) in [5.74, 6) is 0.312. The number of H-pyrrole nitrogens is 1. The van der Waals surface area contributed by atoms with E-state index in [4.69, 9.17) is 56.6 Å². The van der Waals surface area contributed by atoms with Gasteiger partial charge < -0.3 is 48.3 Å². The van der Waals surface area contributed by atoms with Crippen molar-refractivity contribution in [1.82, 2.24) is 19.8 Å². The van der Waals surface area contributed by atoms with Crippen molar-refractivity contribution in [2.75, 3.05) is 34.4 Å². The first kappa shape index (κ1) is 79.2. The fourth-order valence-corrected chi connectivity index (χ4v) is 17.7. The van der Waals surface area contributed by atoms with Gasteiger partial charge in [-0.1, -0.05) is 110 Å². The van der Waals surface area contributed by atoms with Gasteiger partial charge >= 0.3 is 23.9 Å². The lowest BCUT2D eigenvalue weighted by Crippen LogP contribution is -2.48. The number of Topliss-reactive ketones (excluding diaryl/α,β-unsaturated/α-hetero) is 2. The van der Waals surface area contributed by atoms with Crippen LogP contribution in [0, 0.1) is 74.9 Å². The van der Waals surface area contributed by atoms with Crippen molar-refractivity contribution in [3.8, 4) is 17.2 Å². The number of carbonyl (C=O) groups excluding carboxylic acids is 7. The van der Waals surface area contributed by atoms with Crippen molar-refractivity contribution < 1.29 is 71.9 Å². The molecule has 0 radical (unpaired) electrons. The molecule has 16 atom stereocenters. The number of fused-ring (bicyclic) bond motifs is 4. The molecule has 6 saturated carbocycles. The van der Waals surface area contributed by atoms with Crippen molar-refractivity contribution >= 4 is 104 Å². The highest BCUT2D eigenvalue weighted by atomic mass is 35.5. The highest BCUT2D eigenvalue weighted by Crippen LogP contribution is 2.60. The SMILES string of the molecule is CC[C@@H]1C[C@]1(CC(=O)[C@@H]1C[C@@H](Oc2cc(C=C(C)C)nc3c(Cl)c(OC)ccc23)CN1C(=O)C(CC(=O)OC1C[C@@H]2C[C@@H]2C1)C(C)(C)C)C(=O)O.CC[C@@H]1C[C@]1(CC(=O)[C@@H]1C[C@H](C)CN1C(=O)C(CC(=O)OC1C[C@@H]2C[C@@H]2C1)C(C)(C)C)C(=O)OC.COc1ccc2c(=O)cc(C=C(C)C)[nH]c2c1Cl. The summed E-state index contributed by atoms with van der Waals surface area (Å²) in [6.07, 6.45) is 12.5. The van der Waals surface area contributed by atoms with E-state index in [1.165, 1.54) is 32.0 Å². The second-order valence-corrected chi connectivity index (χ2v) is 34.6. The van der Waals surface area contributed by atoms with Gasteiger partial charge in [0.15, 0.2) is 17.0 Å². The number of aliphatic carboxylic acids is 1. The number of pyridine rings is 2. The molecule has 2 saturated heterocycles. The number of halogens is 2. The van der Waals surface area contributed by atoms with Gasteiger partial charge in [-0.3, -0.25) is 43.2 Å². The van der Waals surface area contributed by atoms with Gasteiger partial charge in [0.25, 0.3) is 0 Å². The topological polar surface area (TPSA) is 264 Å². The number of aromatic amines is 1. The van der Waals surface area contributed by atoms with Crippen LogP contribution in [0.5, 0.6) is 17.2 Å². The van der Waals surface area contributed by atoms with Crippen molar-refractivity contribution in [3.05, 3.63) is 79.2 Å². The molecule has 12 rings (SSSR count). The van der Waals surface area contributed by atoms with Crippen LogP contribution in [-0.4, -0.2) is 137 Å². The van der Waals surface area contributed by atoms with E-state index in [1.807, 2.05) is 114 Å². The van der Waals surface area contributed by atoms with Gasteiger partial charge in [-0.2, -0.15) is 0 Å². The first-order valence-electron chi connectivity index (χ1n) is 37.4. The number of aromatic nitrogens is 2. The Morgan fingerprint density at radius 3 is 1.58 bits per heavy atom. The van der Waals surface area contributed by atoms with E-state index in [9.17, 15) is 48.3 Å². The number of ketones is 2. The van der Waals surface area contributed by atoms with E-state index in [2.05, 4.69) is 4.98 Å². The number of ether oxygens (including phenoxy) is 6. The maximum Gasteiger partial charge on any atom is 0.312 e. The van der Waals surface area contributed by atoms with E-state index >= 15 is 0 Å². The molecule has 6 aliphatic carbocycles. The molecule has 4 unspecified atom stereocenters. The Kier molecular flexibility index (Phi) is 24.1. The molecule has 566 valence electrons. The Labute approximate surface area is 621 Å². The molecule has 104 heavy (non-hydrogen) atoms. The maximum absolute atomic E-state index is 14.6. The van der Waals surface area contributed by atoms with Crippen LogP contribution in [-0.2, 0) is 52.6 Å². The Bertz CT molecular complexity index is 4080. The standard InChI is InChI=1S/C40H51ClN2O8.C28H43NO6.C14H14ClNO2/c1-8-24-18-40(24,38(47)48)19-31(44)30-16-27(50-33-15-25(11-21(2)3)42-36-28(33)9-10-32(49-7)35(36)41)20-43(30)37(46)29(39(4,5)6)17-34(45)51-26-13-22-12-23(22)14-26;1-7-19-13-28(19,26(33)34-6)14-23(30)22-8-16(2)15-29(22)25(32)21(27(3,4)5)12-24(31)35-20-10-17-9-18(17)11-20;1-8(2)6-9-7-11(17)10-4-5-12(18-3)13(15)14(10)16-9/h9-11,15,22-24,26-27,29-30H,8,12-14,16-20H2,1-7H3,(H,47,48);16-22H,7-15H2,1-6H3;4-7H,1-3H3,(H,16,17)/t22-,23+,24-,26?,27-,29?,30+,40-;16-,17-,18+,19+,20?,21?,22-,28+;/m10./s1. The number of nitrogens with zero attached hydrogens (tertiary/aromatic N) is 3. The summed E-state index contributed by atoms with van der Waals surface area (Å²) in [7, 11) is 4.45. The van der Waals surface area contributed by atoms with Gasteiger partial charge in [0.2, 0.25) is 11.8 Å². The number of methoxy groups -OCH3 is 3. The number of benzene rings is 2. The molecular formula is C82H108Cl2N4O16. The molecule has 0 spiro atoms. The minimum atomic E-state index is -1.12. The molecule has 2 aromatic heterocycles. The zero-order valence-corrected chi connectivity index (χ0v) is 65.1. The fourth-order valence-electron chi connectivity index (χ4n) is 17.1. The molecule has 22 heteroatoms. The van der Waals surface area contributed by atoms with E-state index < -0.39 is 63.6 Å². The first-order chi connectivity index (χ1) is 49.0. The van der Waals surface area contributed by atoms with Crippen LogP contribution in [0.25, 0.3) is 34.0 Å². The summed E-state index contributed by atoms with van der Waals surface area (Å²) in [6.45, 7) is 26.1. The quantitative estimate of drug-likeness (QED) is 0.0488. The maximum atomic E-state index is 14.6. The van der Waals surface area contributed by atoms with Gasteiger partial charge in [-0.05, 0) is 174 Å². The van der Waals surface area contributed by atoms with Gasteiger partial charge in [-0.25, -0.2) is 4.98 Å². The number of carboxylic acid groups (broad SMARTS) is 1. The number of likely N-dealkylation sites (tertiary alicyclic amines) is 2. The third-order valence-electron chi connectivity index (χ3n) is 23.4. The molecule has 2 aliphatic heterocycles. The summed E-state index contributed by atoms with van der Waals surface area (Å²) in [5.41, 5.74) is 1.59. The minimum Gasteiger partial charge on any atom is -0.495 e. The smallest absolute Gasteiger partial charge is 0.312 e. The number of carboxylic acids is 1. The van der Waals surface area contributed by atoms with Crippen LogP contribution in [0.4, 0.5) is 0 Å². The van der Waals surface area contributed by atoms with E-state index in [-0.39, 0.29) is 109 Å². The number of hydrogen-bond donors (Lipinski definition) is 2. The second-order valence-electron chi connectivity index (χ2n) is 33.8. The zero-order valence-electron chi connectivity index (χ0n) is 63.6. The predicted octanol–water partition coefficient (Wildman–Crippen LogP) is 15.3. The highest BCUT2D eigenvalue weighted by Gasteiger charge is 2.63. The normalized spacial score (nSPS) is 28.0. The fraction of sp³-hybridized carbons (Fsp3) is 0.634. The number of nitrogens with one attached hydrogen (secondary N) is 1. The zero-order chi connectivity index (χ0) is 76.0. The largest absolute Gasteiger partial charge is 0.495 e. The summed E-state index contributed by atoms with van der Waals surface area (Å²) < 4.78 is 33.9. The molecule has 20 nitrogen and oxygen atoms in total. The van der Waals surface area contributed by atoms with Crippen LogP contribution >= 0.6 is 23.2 Å². The average Bonchev–Trinajstić information content (AvgIpc) is 1.57. The molecule has 2 aromatic carbocycles. The van der Waals surface area contributed by atoms with Gasteiger partial charge in [0, 0.05) is 54.4 Å². The summed E-state index contributed by atoms with van der Waals surface area (Å²) in [4.78, 5) is 130. The third kappa shape index (κ3) is 17.7. The molecule has 8 fully saturated rings. The number of allylic oxidation sites excluding steroid dienone is 2.